The number of nitrogens with one attached hydrogen (secondary N) is 2. The Labute approximate surface area is 131 Å². The highest BCUT2D eigenvalue weighted by molar-refractivity contribution is 5.99. The van der Waals surface area contributed by atoms with E-state index in [1.807, 2.05) is 36.5 Å². The van der Waals surface area contributed by atoms with E-state index < -0.39 is 11.2 Å². The van der Waals surface area contributed by atoms with E-state index in [9.17, 15) is 15.2 Å². The number of H-pyrrole nitrogens is 1. The summed E-state index contributed by atoms with van der Waals surface area (Å²) in [5.74, 6) is 0. The first-order valence-electron chi connectivity index (χ1n) is 7.14. The number of non-ortho nitro benzene ring substituents is 1. The summed E-state index contributed by atoms with van der Waals surface area (Å²) in [5.41, 5.74) is 3.89. The number of aromatic nitrogens is 1. The number of aliphatic hydroxyl groups is 1. The van der Waals surface area contributed by atoms with Crippen LogP contribution in [0, 0.1) is 10.1 Å². The van der Waals surface area contributed by atoms with Gasteiger partial charge in [0.05, 0.1) is 4.92 Å². The van der Waals surface area contributed by atoms with Crippen molar-refractivity contribution in [3.05, 3.63) is 69.9 Å². The summed E-state index contributed by atoms with van der Waals surface area (Å²) < 4.78 is 0. The summed E-state index contributed by atoms with van der Waals surface area (Å²) in [6, 6.07) is 12.4. The van der Waals surface area contributed by atoms with Gasteiger partial charge < -0.3 is 15.4 Å². The molecule has 3 N–H and O–H groups in total. The normalized spacial score (nSPS) is 18.1. The summed E-state index contributed by atoms with van der Waals surface area (Å²) in [7, 11) is 0. The zero-order valence-corrected chi connectivity index (χ0v) is 12.0. The van der Waals surface area contributed by atoms with E-state index in [-0.39, 0.29) is 5.69 Å². The Kier molecular flexibility index (Phi) is 2.92. The molecule has 0 bridgehead atoms. The first-order valence-corrected chi connectivity index (χ1v) is 7.14. The van der Waals surface area contributed by atoms with Crippen LogP contribution < -0.4 is 5.32 Å². The highest BCUT2D eigenvalue weighted by Gasteiger charge is 2.26. The Hall–Kier alpha value is -3.12. The fraction of sp³-hybridized carbons (Fsp3) is 0.0588. The smallest absolute Gasteiger partial charge is 0.270 e. The molecule has 0 fully saturated rings. The Balaban J connectivity index is 1.86. The van der Waals surface area contributed by atoms with Gasteiger partial charge in [-0.25, -0.2) is 0 Å². The number of hydrogen-bond donors (Lipinski definition) is 3. The minimum absolute atomic E-state index is 0.00415. The van der Waals surface area contributed by atoms with Crippen LogP contribution in [0.15, 0.2) is 48.7 Å². The average Bonchev–Trinajstić information content (AvgIpc) is 3.09. The van der Waals surface area contributed by atoms with Crippen LogP contribution in [-0.2, 0) is 0 Å². The van der Waals surface area contributed by atoms with Crippen LogP contribution in [0.1, 0.15) is 11.1 Å². The third-order valence-corrected chi connectivity index (χ3v) is 4.04. The maximum Gasteiger partial charge on any atom is 0.270 e. The lowest BCUT2D eigenvalue weighted by Gasteiger charge is -2.05. The lowest BCUT2D eigenvalue weighted by atomic mass is 10.0. The van der Waals surface area contributed by atoms with Gasteiger partial charge in [-0.2, -0.15) is 0 Å². The second-order valence-corrected chi connectivity index (χ2v) is 5.42. The van der Waals surface area contributed by atoms with E-state index in [0.717, 1.165) is 16.5 Å². The van der Waals surface area contributed by atoms with E-state index in [2.05, 4.69) is 10.3 Å². The van der Waals surface area contributed by atoms with Crippen LogP contribution in [0.2, 0.25) is 0 Å². The molecule has 1 atom stereocenters. The Morgan fingerprint density at radius 1 is 1.22 bits per heavy atom. The molecule has 0 saturated heterocycles. The van der Waals surface area contributed by atoms with Gasteiger partial charge in [0.2, 0.25) is 0 Å². The van der Waals surface area contributed by atoms with E-state index in [1.165, 1.54) is 12.1 Å². The van der Waals surface area contributed by atoms with E-state index >= 15 is 0 Å². The van der Waals surface area contributed by atoms with Crippen molar-refractivity contribution in [1.29, 1.82) is 0 Å². The predicted molar refractivity (Wildman–Crippen MR) is 88.9 cm³/mol. The van der Waals surface area contributed by atoms with Gasteiger partial charge in [-0.05, 0) is 18.2 Å². The van der Waals surface area contributed by atoms with Crippen molar-refractivity contribution >= 4 is 33.9 Å². The molecule has 0 radical (unpaired) electrons. The number of aliphatic hydroxyl groups excluding tert-OH is 1. The van der Waals surface area contributed by atoms with E-state index in [1.54, 1.807) is 6.07 Å². The lowest BCUT2D eigenvalue weighted by Crippen LogP contribution is -2.12. The number of benzene rings is 2. The SMILES string of the molecule is O=[N+]([O-])c1ccc2c(c1)/C(=C/c1c[nH]c3ccccc13)C(O)N2. The van der Waals surface area contributed by atoms with Gasteiger partial charge in [-0.1, -0.05) is 18.2 Å². The molecule has 1 aliphatic rings. The molecule has 4 rings (SSSR count). The van der Waals surface area contributed by atoms with Gasteiger partial charge in [-0.3, -0.25) is 10.1 Å². The maximum atomic E-state index is 11.0. The number of nitrogens with zero attached hydrogens (tertiary/aromatic N) is 1. The molecule has 1 aliphatic heterocycles. The third kappa shape index (κ3) is 2.16. The summed E-state index contributed by atoms with van der Waals surface area (Å²) >= 11 is 0. The zero-order chi connectivity index (χ0) is 16.0. The molecule has 2 heterocycles. The minimum atomic E-state index is -0.888. The van der Waals surface area contributed by atoms with Gasteiger partial charge in [-0.15, -0.1) is 0 Å². The number of anilines is 1. The Morgan fingerprint density at radius 3 is 2.87 bits per heavy atom. The molecule has 0 aliphatic carbocycles. The van der Waals surface area contributed by atoms with Crippen LogP contribution in [0.25, 0.3) is 22.6 Å². The number of nitro benzene ring substituents is 1. The molecule has 0 amide bonds. The van der Waals surface area contributed by atoms with Crippen molar-refractivity contribution in [3.63, 3.8) is 0 Å². The van der Waals surface area contributed by atoms with Crippen molar-refractivity contribution in [3.8, 4) is 0 Å². The van der Waals surface area contributed by atoms with Crippen molar-refractivity contribution in [1.82, 2.24) is 4.98 Å². The molecule has 3 aromatic rings. The first-order chi connectivity index (χ1) is 11.1. The van der Waals surface area contributed by atoms with Crippen LogP contribution >= 0.6 is 0 Å². The fourth-order valence-corrected chi connectivity index (χ4v) is 2.92. The van der Waals surface area contributed by atoms with E-state index in [4.69, 9.17) is 0 Å². The Morgan fingerprint density at radius 2 is 2.04 bits per heavy atom. The molecule has 2 aromatic carbocycles. The fourth-order valence-electron chi connectivity index (χ4n) is 2.92. The van der Waals surface area contributed by atoms with Gasteiger partial charge in [0.1, 0.15) is 0 Å². The predicted octanol–water partition coefficient (Wildman–Crippen LogP) is 3.36. The van der Waals surface area contributed by atoms with Crippen molar-refractivity contribution in [2.24, 2.45) is 0 Å². The van der Waals surface area contributed by atoms with Gasteiger partial charge in [0.15, 0.2) is 6.23 Å². The molecule has 6 nitrogen and oxygen atoms in total. The van der Waals surface area contributed by atoms with Gasteiger partial charge in [0.25, 0.3) is 5.69 Å². The molecular formula is C17H13N3O3. The van der Waals surface area contributed by atoms with Crippen LogP contribution in [0.5, 0.6) is 0 Å². The summed E-state index contributed by atoms with van der Waals surface area (Å²) in [6.07, 6.45) is 2.83. The average molecular weight is 307 g/mol. The second kappa shape index (κ2) is 4.96. The highest BCUT2D eigenvalue weighted by Crippen LogP contribution is 2.38. The quantitative estimate of drug-likeness (QED) is 0.500. The number of para-hydroxylation sites is 1. The zero-order valence-electron chi connectivity index (χ0n) is 12.0. The number of nitro groups is 1. The molecule has 114 valence electrons. The minimum Gasteiger partial charge on any atom is -0.369 e. The number of fused-ring (bicyclic) bond motifs is 2. The molecule has 1 unspecified atom stereocenters. The van der Waals surface area contributed by atoms with Crippen molar-refractivity contribution in [2.45, 2.75) is 6.23 Å². The van der Waals surface area contributed by atoms with Crippen LogP contribution in [0.3, 0.4) is 0 Å². The molecule has 23 heavy (non-hydrogen) atoms. The Bertz CT molecular complexity index is 959. The van der Waals surface area contributed by atoms with Crippen molar-refractivity contribution in [2.75, 3.05) is 5.32 Å². The molecule has 0 saturated carbocycles. The summed E-state index contributed by atoms with van der Waals surface area (Å²) in [6.45, 7) is 0. The second-order valence-electron chi connectivity index (χ2n) is 5.42. The summed E-state index contributed by atoms with van der Waals surface area (Å²) in [4.78, 5) is 13.7. The maximum absolute atomic E-state index is 11.0. The molecule has 1 aromatic heterocycles. The van der Waals surface area contributed by atoms with E-state index in [0.29, 0.717) is 16.8 Å². The lowest BCUT2D eigenvalue weighted by molar-refractivity contribution is -0.384. The van der Waals surface area contributed by atoms with Crippen LogP contribution in [-0.4, -0.2) is 21.2 Å². The third-order valence-electron chi connectivity index (χ3n) is 4.04. The highest BCUT2D eigenvalue weighted by atomic mass is 16.6. The number of rotatable bonds is 2. The number of aromatic amines is 1. The molecule has 0 spiro atoms. The largest absolute Gasteiger partial charge is 0.369 e. The number of hydrogen-bond acceptors (Lipinski definition) is 4. The standard InChI is InChI=1S/C17H13N3O3/c21-17-14(7-10-9-18-15-4-2-1-3-12(10)15)13-8-11(20(22)23)5-6-16(13)19-17/h1-9,17-19,21H/b14-7-. The van der Waals surface area contributed by atoms with Crippen molar-refractivity contribution < 1.29 is 10.0 Å². The van der Waals surface area contributed by atoms with Gasteiger partial charge in [0, 0.05) is 51.6 Å². The first kappa shape index (κ1) is 13.5. The molecule has 6 heteroatoms. The molecular weight excluding hydrogens is 294 g/mol. The monoisotopic (exact) mass is 307 g/mol. The summed E-state index contributed by atoms with van der Waals surface area (Å²) in [5, 5.41) is 25.2. The van der Waals surface area contributed by atoms with Gasteiger partial charge >= 0.3 is 0 Å². The topological polar surface area (TPSA) is 91.2 Å². The van der Waals surface area contributed by atoms with Crippen LogP contribution in [0.4, 0.5) is 11.4 Å².